The van der Waals surface area contributed by atoms with Gasteiger partial charge in [0.05, 0.1) is 0 Å². The van der Waals surface area contributed by atoms with E-state index in [1.165, 1.54) is 0 Å². The van der Waals surface area contributed by atoms with Crippen LogP contribution in [-0.4, -0.2) is 5.97 Å². The maximum Gasteiger partial charge on any atom is 0.213 e. The van der Waals surface area contributed by atoms with Gasteiger partial charge in [-0.3, -0.25) is 0 Å². The van der Waals surface area contributed by atoms with Crippen LogP contribution in [0.15, 0.2) is 28.8 Å². The zero-order chi connectivity index (χ0) is 6.57. The molecule has 0 aromatic heterocycles. The Hall–Kier alpha value is -0.440. The molecule has 0 spiro atoms. The second-order valence-corrected chi connectivity index (χ2v) is 1.93. The summed E-state index contributed by atoms with van der Waals surface area (Å²) in [6, 6.07) is 0. The van der Waals surface area contributed by atoms with Crippen LogP contribution >= 0.6 is 15.9 Å². The number of aliphatic imine (C=N–C) groups is 1. The highest BCUT2D eigenvalue weighted by Crippen LogP contribution is 2.02. The van der Waals surface area contributed by atoms with Gasteiger partial charge in [0.1, 0.15) is 4.61 Å². The summed E-state index contributed by atoms with van der Waals surface area (Å²) in [4.78, 5) is 3.25. The summed E-state index contributed by atoms with van der Waals surface area (Å²) in [5, 5.41) is 0. The van der Waals surface area contributed by atoms with E-state index >= 15 is 0 Å². The minimum absolute atomic E-state index is 0.259. The number of halogens is 2. The molecule has 0 rings (SSSR count). The van der Waals surface area contributed by atoms with Gasteiger partial charge >= 0.3 is 0 Å². The summed E-state index contributed by atoms with van der Waals surface area (Å²) in [6.45, 7) is 6.43. The molecule has 0 unspecified atom stereocenters. The van der Waals surface area contributed by atoms with Crippen molar-refractivity contribution in [1.82, 2.24) is 0 Å². The van der Waals surface area contributed by atoms with E-state index in [1.54, 1.807) is 0 Å². The molecule has 0 N–H and O–H groups in total. The van der Waals surface area contributed by atoms with Crippen LogP contribution in [0.2, 0.25) is 0 Å². The van der Waals surface area contributed by atoms with Gasteiger partial charge in [0, 0.05) is 0 Å². The van der Waals surface area contributed by atoms with Crippen LogP contribution < -0.4 is 0 Å². The van der Waals surface area contributed by atoms with Crippen LogP contribution in [0, 0.1) is 0 Å². The standard InChI is InChI=1S/C5H5BrFN/c1-3-5(7)8-4(2)6/h3H,1-2H2/b8-5+. The van der Waals surface area contributed by atoms with E-state index in [0.29, 0.717) is 0 Å². The molecule has 0 bridgehead atoms. The highest BCUT2D eigenvalue weighted by Gasteiger charge is 1.84. The lowest BCUT2D eigenvalue weighted by Gasteiger charge is -1.81. The monoisotopic (exact) mass is 177 g/mol. The van der Waals surface area contributed by atoms with Gasteiger partial charge in [0.25, 0.3) is 0 Å². The maximum atomic E-state index is 11.9. The largest absolute Gasteiger partial charge is 0.213 e. The molecule has 0 aliphatic heterocycles. The normalized spacial score (nSPS) is 11.0. The van der Waals surface area contributed by atoms with Crippen LogP contribution in [0.25, 0.3) is 0 Å². The van der Waals surface area contributed by atoms with E-state index in [9.17, 15) is 4.39 Å². The molecule has 0 saturated heterocycles. The van der Waals surface area contributed by atoms with Crippen molar-refractivity contribution in [1.29, 1.82) is 0 Å². The van der Waals surface area contributed by atoms with Crippen LogP contribution in [0.4, 0.5) is 4.39 Å². The summed E-state index contributed by atoms with van der Waals surface area (Å²) in [7, 11) is 0. The van der Waals surface area contributed by atoms with Gasteiger partial charge < -0.3 is 0 Å². The molecule has 0 saturated carbocycles. The first-order valence-corrected chi connectivity index (χ1v) is 2.67. The third kappa shape index (κ3) is 3.74. The molecule has 0 amide bonds. The van der Waals surface area contributed by atoms with Gasteiger partial charge in [-0.15, -0.1) is 0 Å². The second kappa shape index (κ2) is 3.55. The Kier molecular flexibility index (Phi) is 3.35. The zero-order valence-electron chi connectivity index (χ0n) is 4.19. The topological polar surface area (TPSA) is 12.4 Å². The Balaban J connectivity index is 3.94. The number of nitrogens with zero attached hydrogens (tertiary/aromatic N) is 1. The third-order valence-electron chi connectivity index (χ3n) is 0.397. The molecule has 44 valence electrons. The number of hydrogen-bond acceptors (Lipinski definition) is 1. The Bertz CT molecular complexity index is 139. The van der Waals surface area contributed by atoms with E-state index in [4.69, 9.17) is 0 Å². The van der Waals surface area contributed by atoms with E-state index < -0.39 is 5.97 Å². The van der Waals surface area contributed by atoms with Gasteiger partial charge in [-0.2, -0.15) is 4.39 Å². The highest BCUT2D eigenvalue weighted by atomic mass is 79.9. The van der Waals surface area contributed by atoms with E-state index in [0.717, 1.165) is 6.08 Å². The van der Waals surface area contributed by atoms with Crippen molar-refractivity contribution >= 4 is 21.9 Å². The van der Waals surface area contributed by atoms with Crippen molar-refractivity contribution in [3.05, 3.63) is 23.8 Å². The maximum absolute atomic E-state index is 11.9. The molecule has 0 heterocycles. The lowest BCUT2D eigenvalue weighted by Crippen LogP contribution is -1.77. The van der Waals surface area contributed by atoms with E-state index in [-0.39, 0.29) is 4.61 Å². The first-order valence-electron chi connectivity index (χ1n) is 1.88. The van der Waals surface area contributed by atoms with Crippen molar-refractivity contribution in [3.63, 3.8) is 0 Å². The smallest absolute Gasteiger partial charge is 0.213 e. The summed E-state index contributed by atoms with van der Waals surface area (Å²) < 4.78 is 12.2. The Morgan fingerprint density at radius 2 is 2.25 bits per heavy atom. The number of hydrogen-bond donors (Lipinski definition) is 0. The van der Waals surface area contributed by atoms with Crippen molar-refractivity contribution in [2.45, 2.75) is 0 Å². The fraction of sp³-hybridized carbons (Fsp3) is 0. The molecule has 0 aromatic rings. The zero-order valence-corrected chi connectivity index (χ0v) is 5.78. The predicted molar refractivity (Wildman–Crippen MR) is 36.8 cm³/mol. The van der Waals surface area contributed by atoms with Crippen LogP contribution in [-0.2, 0) is 0 Å². The molecule has 1 nitrogen and oxygen atoms in total. The third-order valence-corrected chi connectivity index (χ3v) is 0.574. The van der Waals surface area contributed by atoms with Crippen molar-refractivity contribution in [2.24, 2.45) is 4.99 Å². The van der Waals surface area contributed by atoms with Gasteiger partial charge in [0.2, 0.25) is 5.97 Å². The van der Waals surface area contributed by atoms with Crippen LogP contribution in [0.5, 0.6) is 0 Å². The molecule has 0 aliphatic carbocycles. The minimum atomic E-state index is -0.633. The summed E-state index contributed by atoms with van der Waals surface area (Å²) in [5.41, 5.74) is 0. The Labute approximate surface area is 55.7 Å². The first-order chi connectivity index (χ1) is 3.66. The molecule has 8 heavy (non-hydrogen) atoms. The number of rotatable bonds is 2. The minimum Gasteiger partial charge on any atom is -0.213 e. The lowest BCUT2D eigenvalue weighted by molar-refractivity contribution is 0.813. The van der Waals surface area contributed by atoms with Crippen molar-refractivity contribution < 1.29 is 4.39 Å². The van der Waals surface area contributed by atoms with Gasteiger partial charge in [-0.1, -0.05) is 13.2 Å². The van der Waals surface area contributed by atoms with Gasteiger partial charge in [-0.05, 0) is 22.0 Å². The summed E-state index contributed by atoms with van der Waals surface area (Å²) >= 11 is 2.85. The number of allylic oxidation sites excluding steroid dienone is 1. The lowest BCUT2D eigenvalue weighted by atomic mass is 10.7. The molecule has 3 heteroatoms. The predicted octanol–water partition coefficient (Wildman–Crippen LogP) is 2.41. The first kappa shape index (κ1) is 7.56. The Morgan fingerprint density at radius 1 is 1.75 bits per heavy atom. The quantitative estimate of drug-likeness (QED) is 0.454. The van der Waals surface area contributed by atoms with Crippen molar-refractivity contribution in [2.75, 3.05) is 0 Å². The molecular weight excluding hydrogens is 173 g/mol. The average Bonchev–Trinajstić information content (AvgIpc) is 1.65. The molecule has 0 atom stereocenters. The van der Waals surface area contributed by atoms with E-state index in [2.05, 4.69) is 34.1 Å². The molecule has 0 aromatic carbocycles. The summed E-state index contributed by atoms with van der Waals surface area (Å²) in [6.07, 6.45) is 1.01. The second-order valence-electron chi connectivity index (χ2n) is 1.01. The fourth-order valence-corrected chi connectivity index (χ4v) is 0.331. The Morgan fingerprint density at radius 3 is 2.38 bits per heavy atom. The fourth-order valence-electron chi connectivity index (χ4n) is 0.162. The van der Waals surface area contributed by atoms with Crippen LogP contribution in [0.3, 0.4) is 0 Å². The van der Waals surface area contributed by atoms with Crippen LogP contribution in [0.1, 0.15) is 0 Å². The average molecular weight is 178 g/mol. The SMILES string of the molecule is C=C/C(F)=N\C(=C)Br. The molecule has 0 aliphatic rings. The van der Waals surface area contributed by atoms with Crippen molar-refractivity contribution in [3.8, 4) is 0 Å². The van der Waals surface area contributed by atoms with E-state index in [1.807, 2.05) is 0 Å². The van der Waals surface area contributed by atoms with Gasteiger partial charge in [0.15, 0.2) is 0 Å². The molecular formula is C5H5BrFN. The van der Waals surface area contributed by atoms with Gasteiger partial charge in [-0.25, -0.2) is 4.99 Å². The molecule has 0 fully saturated rings. The summed E-state index contributed by atoms with van der Waals surface area (Å²) in [5.74, 6) is -0.633. The highest BCUT2D eigenvalue weighted by molar-refractivity contribution is 9.11. The molecule has 0 radical (unpaired) electrons.